The fourth-order valence-electron chi connectivity index (χ4n) is 4.64. The summed E-state index contributed by atoms with van der Waals surface area (Å²) in [6.45, 7) is 4.06. The molecule has 0 saturated carbocycles. The van der Waals surface area contributed by atoms with Crippen molar-refractivity contribution in [2.24, 2.45) is 10.9 Å². The number of hydrogen-bond acceptors (Lipinski definition) is 6. The number of rotatable bonds is 7. The number of aliphatic imine (C=N–C) groups is 1. The predicted octanol–water partition coefficient (Wildman–Crippen LogP) is 5.16. The van der Waals surface area contributed by atoms with E-state index in [-0.39, 0.29) is 24.8 Å². The van der Waals surface area contributed by atoms with Crippen molar-refractivity contribution in [3.05, 3.63) is 70.7 Å². The lowest BCUT2D eigenvalue weighted by Crippen LogP contribution is -2.37. The van der Waals surface area contributed by atoms with Crippen LogP contribution in [0.3, 0.4) is 0 Å². The maximum atomic E-state index is 13.2. The maximum absolute atomic E-state index is 13.2. The quantitative estimate of drug-likeness (QED) is 0.528. The number of methoxy groups -OCH3 is 1. The number of carbonyl (C=O) groups is 2. The van der Waals surface area contributed by atoms with Gasteiger partial charge in [0, 0.05) is 29.3 Å². The SMILES string of the molecule is CCOC(=O)C1C(C)=NC2=C(C(=O)CCC2)[C@H]1c1ccc(OCc2ccc(F)cc2)c(OC)c1. The first-order valence-electron chi connectivity index (χ1n) is 11.5. The highest BCUT2D eigenvalue weighted by Gasteiger charge is 2.43. The molecule has 0 aromatic heterocycles. The largest absolute Gasteiger partial charge is 0.493 e. The van der Waals surface area contributed by atoms with Gasteiger partial charge in [-0.2, -0.15) is 0 Å². The number of esters is 1. The molecule has 0 spiro atoms. The van der Waals surface area contributed by atoms with Gasteiger partial charge in [-0.05, 0) is 62.1 Å². The molecule has 2 aromatic rings. The zero-order chi connectivity index (χ0) is 24.2. The second kappa shape index (κ2) is 10.2. The average Bonchev–Trinajstić information content (AvgIpc) is 2.83. The maximum Gasteiger partial charge on any atom is 0.315 e. The van der Waals surface area contributed by atoms with Gasteiger partial charge in [-0.25, -0.2) is 4.39 Å². The van der Waals surface area contributed by atoms with E-state index >= 15 is 0 Å². The van der Waals surface area contributed by atoms with Gasteiger partial charge in [0.25, 0.3) is 0 Å². The van der Waals surface area contributed by atoms with Gasteiger partial charge in [-0.1, -0.05) is 18.2 Å². The molecule has 2 aliphatic rings. The fourth-order valence-corrected chi connectivity index (χ4v) is 4.64. The van der Waals surface area contributed by atoms with Crippen molar-refractivity contribution >= 4 is 17.5 Å². The number of nitrogens with zero attached hydrogens (tertiary/aromatic N) is 1. The lowest BCUT2D eigenvalue weighted by molar-refractivity contribution is -0.146. The van der Waals surface area contributed by atoms with Gasteiger partial charge in [0.2, 0.25) is 0 Å². The summed E-state index contributed by atoms with van der Waals surface area (Å²) in [6, 6.07) is 11.5. The fraction of sp³-hybridized carbons (Fsp3) is 0.370. The molecule has 34 heavy (non-hydrogen) atoms. The molecule has 0 radical (unpaired) electrons. The summed E-state index contributed by atoms with van der Waals surface area (Å²) in [5.41, 5.74) is 3.58. The highest BCUT2D eigenvalue weighted by molar-refractivity contribution is 6.08. The number of Topliss-reactive ketones (excluding diaryl/α,β-unsaturated/α-hetero) is 1. The normalized spacial score (nSPS) is 19.9. The Morgan fingerprint density at radius 1 is 1.12 bits per heavy atom. The molecule has 7 heteroatoms. The van der Waals surface area contributed by atoms with Gasteiger partial charge in [0.05, 0.1) is 13.7 Å². The first-order valence-corrected chi connectivity index (χ1v) is 11.5. The van der Waals surface area contributed by atoms with Gasteiger partial charge >= 0.3 is 5.97 Å². The summed E-state index contributed by atoms with van der Waals surface area (Å²) in [6.07, 6.45) is 1.90. The predicted molar refractivity (Wildman–Crippen MR) is 126 cm³/mol. The summed E-state index contributed by atoms with van der Waals surface area (Å²) in [5.74, 6) is -0.877. The Morgan fingerprint density at radius 2 is 1.88 bits per heavy atom. The number of halogens is 1. The number of ketones is 1. The molecule has 0 bridgehead atoms. The van der Waals surface area contributed by atoms with Crippen LogP contribution in [0.4, 0.5) is 4.39 Å². The van der Waals surface area contributed by atoms with E-state index in [1.807, 2.05) is 19.1 Å². The summed E-state index contributed by atoms with van der Waals surface area (Å²) in [7, 11) is 1.54. The molecule has 4 rings (SSSR count). The van der Waals surface area contributed by atoms with Crippen LogP contribution in [0.5, 0.6) is 11.5 Å². The first kappa shape index (κ1) is 23.7. The second-order valence-electron chi connectivity index (χ2n) is 8.42. The molecule has 1 aliphatic carbocycles. The zero-order valence-electron chi connectivity index (χ0n) is 19.6. The average molecular weight is 466 g/mol. The lowest BCUT2D eigenvalue weighted by atomic mass is 9.71. The van der Waals surface area contributed by atoms with E-state index in [0.29, 0.717) is 35.6 Å². The molecule has 2 aromatic carbocycles. The van der Waals surface area contributed by atoms with Gasteiger partial charge in [0.1, 0.15) is 18.3 Å². The van der Waals surface area contributed by atoms with E-state index in [2.05, 4.69) is 4.99 Å². The molecule has 1 unspecified atom stereocenters. The Morgan fingerprint density at radius 3 is 2.59 bits per heavy atom. The number of ether oxygens (including phenoxy) is 3. The molecule has 2 atom stereocenters. The van der Waals surface area contributed by atoms with Crippen LogP contribution in [-0.4, -0.2) is 31.2 Å². The molecule has 0 amide bonds. The van der Waals surface area contributed by atoms with E-state index < -0.39 is 17.8 Å². The summed E-state index contributed by atoms with van der Waals surface area (Å²) in [4.78, 5) is 30.6. The Labute approximate surface area is 198 Å². The minimum atomic E-state index is -0.684. The third-order valence-corrected chi connectivity index (χ3v) is 6.23. The van der Waals surface area contributed by atoms with Crippen LogP contribution < -0.4 is 9.47 Å². The zero-order valence-corrected chi connectivity index (χ0v) is 19.6. The van der Waals surface area contributed by atoms with Crippen LogP contribution in [0.25, 0.3) is 0 Å². The van der Waals surface area contributed by atoms with Crippen LogP contribution in [0, 0.1) is 11.7 Å². The monoisotopic (exact) mass is 465 g/mol. The van der Waals surface area contributed by atoms with Crippen molar-refractivity contribution < 1.29 is 28.2 Å². The van der Waals surface area contributed by atoms with Gasteiger partial charge in [-0.3, -0.25) is 14.6 Å². The smallest absolute Gasteiger partial charge is 0.315 e. The third kappa shape index (κ3) is 4.74. The molecule has 1 heterocycles. The molecule has 0 saturated heterocycles. The highest BCUT2D eigenvalue weighted by Crippen LogP contribution is 2.45. The second-order valence-corrected chi connectivity index (χ2v) is 8.42. The Hall–Kier alpha value is -3.48. The minimum absolute atomic E-state index is 0.0207. The van der Waals surface area contributed by atoms with Gasteiger partial charge < -0.3 is 14.2 Å². The number of carbonyl (C=O) groups excluding carboxylic acids is 2. The van der Waals surface area contributed by atoms with E-state index in [1.165, 1.54) is 19.2 Å². The van der Waals surface area contributed by atoms with E-state index in [9.17, 15) is 14.0 Å². The van der Waals surface area contributed by atoms with Crippen molar-refractivity contribution in [1.29, 1.82) is 0 Å². The number of hydrogen-bond donors (Lipinski definition) is 0. The van der Waals surface area contributed by atoms with Crippen LogP contribution >= 0.6 is 0 Å². The molecule has 6 nitrogen and oxygen atoms in total. The Bertz CT molecular complexity index is 1150. The van der Waals surface area contributed by atoms with Crippen molar-refractivity contribution in [2.45, 2.75) is 45.6 Å². The first-order chi connectivity index (χ1) is 16.4. The van der Waals surface area contributed by atoms with E-state index in [0.717, 1.165) is 23.2 Å². The molecule has 0 N–H and O–H groups in total. The number of benzene rings is 2. The van der Waals surface area contributed by atoms with E-state index in [1.54, 1.807) is 25.1 Å². The van der Waals surface area contributed by atoms with Crippen LogP contribution in [0.2, 0.25) is 0 Å². The molecular formula is C27H28FNO5. The molecule has 178 valence electrons. The van der Waals surface area contributed by atoms with Crippen molar-refractivity contribution in [1.82, 2.24) is 0 Å². The number of allylic oxidation sites excluding steroid dienone is 2. The molecular weight excluding hydrogens is 437 g/mol. The van der Waals surface area contributed by atoms with Gasteiger partial charge in [0.15, 0.2) is 17.3 Å². The van der Waals surface area contributed by atoms with Crippen LogP contribution in [0.15, 0.2) is 58.7 Å². The molecule has 0 fully saturated rings. The van der Waals surface area contributed by atoms with Crippen LogP contribution in [0.1, 0.15) is 50.2 Å². The summed E-state index contributed by atoms with van der Waals surface area (Å²) >= 11 is 0. The van der Waals surface area contributed by atoms with Crippen molar-refractivity contribution in [2.75, 3.05) is 13.7 Å². The highest BCUT2D eigenvalue weighted by atomic mass is 19.1. The molecule has 1 aliphatic heterocycles. The Kier molecular flexibility index (Phi) is 7.10. The Balaban J connectivity index is 1.70. The third-order valence-electron chi connectivity index (χ3n) is 6.23. The van der Waals surface area contributed by atoms with Gasteiger partial charge in [-0.15, -0.1) is 0 Å². The lowest BCUT2D eigenvalue weighted by Gasteiger charge is -2.34. The summed E-state index contributed by atoms with van der Waals surface area (Å²) in [5, 5.41) is 0. The standard InChI is InChI=1S/C27H28FNO5/c1-4-33-27(31)24-16(2)29-20-6-5-7-21(30)26(20)25(24)18-10-13-22(23(14-18)32-3)34-15-17-8-11-19(28)12-9-17/h8-14,24-25H,4-7,15H2,1-3H3/t24?,25-/m0/s1. The van der Waals surface area contributed by atoms with Crippen LogP contribution in [-0.2, 0) is 20.9 Å². The summed E-state index contributed by atoms with van der Waals surface area (Å²) < 4.78 is 30.0. The topological polar surface area (TPSA) is 74.2 Å². The van der Waals surface area contributed by atoms with E-state index in [4.69, 9.17) is 14.2 Å². The van der Waals surface area contributed by atoms with Crippen molar-refractivity contribution in [3.63, 3.8) is 0 Å². The van der Waals surface area contributed by atoms with Crippen molar-refractivity contribution in [3.8, 4) is 11.5 Å². The minimum Gasteiger partial charge on any atom is -0.493 e.